The van der Waals surface area contributed by atoms with E-state index in [9.17, 15) is 5.11 Å². The van der Waals surface area contributed by atoms with Crippen LogP contribution >= 0.6 is 0 Å². The van der Waals surface area contributed by atoms with E-state index < -0.39 is 5.60 Å². The lowest BCUT2D eigenvalue weighted by Gasteiger charge is -2.64. The normalized spacial score (nSPS) is 54.8. The Morgan fingerprint density at radius 2 is 1.71 bits per heavy atom. The molecular formula is C25H40O3. The summed E-state index contributed by atoms with van der Waals surface area (Å²) >= 11 is 0. The van der Waals surface area contributed by atoms with E-state index in [0.717, 1.165) is 50.7 Å². The lowest BCUT2D eigenvalue weighted by Crippen LogP contribution is -2.60. The Morgan fingerprint density at radius 1 is 1.00 bits per heavy atom. The van der Waals surface area contributed by atoms with E-state index in [-0.39, 0.29) is 11.2 Å². The van der Waals surface area contributed by atoms with Crippen molar-refractivity contribution in [1.82, 2.24) is 0 Å². The van der Waals surface area contributed by atoms with Crippen LogP contribution in [0.2, 0.25) is 0 Å². The molecule has 1 saturated heterocycles. The zero-order chi connectivity index (χ0) is 19.8. The molecule has 0 bridgehead atoms. The molecule has 3 nitrogen and oxygen atoms in total. The van der Waals surface area contributed by atoms with Gasteiger partial charge in [0.15, 0.2) is 5.79 Å². The molecule has 1 N–H and O–H groups in total. The third-order valence-electron chi connectivity index (χ3n) is 10.8. The summed E-state index contributed by atoms with van der Waals surface area (Å²) < 4.78 is 12.3. The number of aliphatic hydroxyl groups is 1. The van der Waals surface area contributed by atoms with Crippen molar-refractivity contribution in [3.8, 4) is 0 Å². The molecule has 8 atom stereocenters. The summed E-state index contributed by atoms with van der Waals surface area (Å²) in [6.07, 6.45) is 12.1. The number of rotatable bonds is 2. The Hall–Kier alpha value is -0.380. The van der Waals surface area contributed by atoms with Crippen LogP contribution in [-0.2, 0) is 9.47 Å². The number of hydrogen-bond donors (Lipinski definition) is 1. The van der Waals surface area contributed by atoms with Gasteiger partial charge < -0.3 is 14.6 Å². The van der Waals surface area contributed by atoms with Crippen LogP contribution in [0.5, 0.6) is 0 Å². The van der Waals surface area contributed by atoms with Crippen molar-refractivity contribution in [2.75, 3.05) is 13.2 Å². The van der Waals surface area contributed by atoms with Gasteiger partial charge in [-0.2, -0.15) is 0 Å². The summed E-state index contributed by atoms with van der Waals surface area (Å²) in [6.45, 7) is 13.0. The van der Waals surface area contributed by atoms with E-state index in [1.807, 2.05) is 6.08 Å². The Kier molecular flexibility index (Phi) is 4.41. The largest absolute Gasteiger partial charge is 0.389 e. The minimum absolute atomic E-state index is 0.0718. The second kappa shape index (κ2) is 6.31. The first kappa shape index (κ1) is 19.6. The molecule has 0 radical (unpaired) electrons. The van der Waals surface area contributed by atoms with Gasteiger partial charge in [-0.15, -0.1) is 6.58 Å². The molecule has 5 rings (SSSR count). The van der Waals surface area contributed by atoms with Crippen LogP contribution in [-0.4, -0.2) is 29.7 Å². The molecule has 0 aromatic heterocycles. The fraction of sp³-hybridized carbons (Fsp3) is 0.920. The molecular weight excluding hydrogens is 348 g/mol. The molecule has 1 spiro atoms. The zero-order valence-corrected chi connectivity index (χ0v) is 18.2. The average Bonchev–Trinajstić information content (AvgIpc) is 3.20. The van der Waals surface area contributed by atoms with Gasteiger partial charge in [0.25, 0.3) is 0 Å². The van der Waals surface area contributed by atoms with Crippen molar-refractivity contribution >= 4 is 0 Å². The molecule has 0 unspecified atom stereocenters. The maximum absolute atomic E-state index is 11.5. The summed E-state index contributed by atoms with van der Waals surface area (Å²) in [5, 5.41) is 11.5. The van der Waals surface area contributed by atoms with Crippen LogP contribution in [0.15, 0.2) is 12.7 Å². The van der Waals surface area contributed by atoms with E-state index in [2.05, 4.69) is 27.4 Å². The monoisotopic (exact) mass is 388 g/mol. The quantitative estimate of drug-likeness (QED) is 0.650. The molecule has 0 aromatic rings. The highest BCUT2D eigenvalue weighted by atomic mass is 16.7. The van der Waals surface area contributed by atoms with Crippen molar-refractivity contribution in [1.29, 1.82) is 0 Å². The topological polar surface area (TPSA) is 38.7 Å². The molecule has 4 aliphatic carbocycles. The van der Waals surface area contributed by atoms with Crippen LogP contribution < -0.4 is 0 Å². The molecule has 158 valence electrons. The van der Waals surface area contributed by atoms with Crippen LogP contribution in [0.3, 0.4) is 0 Å². The standard InChI is InChI=1S/C25H40O3/c1-5-10-24(26)12-9-20-19-7-6-18-16-25(27-13-14-28-25)15-17(2)23(18,4)21(19)8-11-22(20,24)3/h5,17-21,26H,1,6-16H2,2-4H3/t17-,18-,19-,20-,21-,22-,23-,24-/m0/s1. The average molecular weight is 389 g/mol. The Labute approximate surface area is 171 Å². The second-order valence-corrected chi connectivity index (χ2v) is 11.5. The van der Waals surface area contributed by atoms with Gasteiger partial charge in [-0.05, 0) is 85.4 Å². The van der Waals surface area contributed by atoms with Gasteiger partial charge >= 0.3 is 0 Å². The predicted molar refractivity (Wildman–Crippen MR) is 111 cm³/mol. The lowest BCUT2D eigenvalue weighted by atomic mass is 9.42. The highest BCUT2D eigenvalue weighted by Crippen LogP contribution is 2.70. The van der Waals surface area contributed by atoms with Crippen molar-refractivity contribution in [2.45, 2.75) is 89.9 Å². The van der Waals surface area contributed by atoms with Crippen molar-refractivity contribution in [3.63, 3.8) is 0 Å². The van der Waals surface area contributed by atoms with Crippen molar-refractivity contribution in [2.24, 2.45) is 40.4 Å². The Bertz CT molecular complexity index is 640. The minimum Gasteiger partial charge on any atom is -0.389 e. The number of ether oxygens (including phenoxy) is 2. The molecule has 5 aliphatic rings. The van der Waals surface area contributed by atoms with Gasteiger partial charge in [0.2, 0.25) is 0 Å². The third kappa shape index (κ3) is 2.39. The summed E-state index contributed by atoms with van der Waals surface area (Å²) in [5.74, 6) is 3.32. The molecule has 4 saturated carbocycles. The zero-order valence-electron chi connectivity index (χ0n) is 18.2. The molecule has 5 fully saturated rings. The first-order chi connectivity index (χ1) is 13.3. The molecule has 1 aliphatic heterocycles. The number of fused-ring (bicyclic) bond motifs is 5. The van der Waals surface area contributed by atoms with Gasteiger partial charge in [-0.25, -0.2) is 0 Å². The van der Waals surface area contributed by atoms with Gasteiger partial charge in [-0.1, -0.05) is 26.8 Å². The van der Waals surface area contributed by atoms with Crippen LogP contribution in [0, 0.1) is 40.4 Å². The van der Waals surface area contributed by atoms with Crippen molar-refractivity contribution < 1.29 is 14.6 Å². The van der Waals surface area contributed by atoms with Crippen LogP contribution in [0.1, 0.15) is 78.6 Å². The van der Waals surface area contributed by atoms with Crippen LogP contribution in [0.25, 0.3) is 0 Å². The summed E-state index contributed by atoms with van der Waals surface area (Å²) in [6, 6.07) is 0. The number of hydrogen-bond acceptors (Lipinski definition) is 3. The first-order valence-corrected chi connectivity index (χ1v) is 11.9. The second-order valence-electron chi connectivity index (χ2n) is 11.5. The fourth-order valence-corrected chi connectivity index (χ4v) is 9.12. The summed E-state index contributed by atoms with van der Waals surface area (Å²) in [4.78, 5) is 0. The third-order valence-corrected chi connectivity index (χ3v) is 10.8. The molecule has 0 aromatic carbocycles. The maximum atomic E-state index is 11.5. The summed E-state index contributed by atoms with van der Waals surface area (Å²) in [5.41, 5.74) is -0.0673. The molecule has 28 heavy (non-hydrogen) atoms. The Balaban J connectivity index is 1.43. The molecule has 0 amide bonds. The fourth-order valence-electron chi connectivity index (χ4n) is 9.12. The van der Waals surface area contributed by atoms with E-state index in [1.54, 1.807) is 0 Å². The first-order valence-electron chi connectivity index (χ1n) is 11.9. The molecule has 1 heterocycles. The lowest BCUT2D eigenvalue weighted by molar-refractivity contribution is -0.250. The SMILES string of the molecule is C=CC[C@]1(O)CC[C@H]2[C@@H]3CC[C@H]4CC5(C[C@H](C)[C@]4(C)[C@H]3CC[C@@]21C)OCCO5. The van der Waals surface area contributed by atoms with Gasteiger partial charge in [0.1, 0.15) is 0 Å². The van der Waals surface area contributed by atoms with E-state index in [1.165, 1.54) is 32.1 Å². The van der Waals surface area contributed by atoms with E-state index in [0.29, 0.717) is 23.2 Å². The van der Waals surface area contributed by atoms with E-state index in [4.69, 9.17) is 9.47 Å². The maximum Gasteiger partial charge on any atom is 0.169 e. The van der Waals surface area contributed by atoms with E-state index >= 15 is 0 Å². The van der Waals surface area contributed by atoms with Crippen molar-refractivity contribution in [3.05, 3.63) is 12.7 Å². The van der Waals surface area contributed by atoms with Gasteiger partial charge in [0, 0.05) is 12.8 Å². The minimum atomic E-state index is -0.532. The Morgan fingerprint density at radius 3 is 2.43 bits per heavy atom. The highest BCUT2D eigenvalue weighted by Gasteiger charge is 2.66. The predicted octanol–water partition coefficient (Wildman–Crippen LogP) is 5.33. The summed E-state index contributed by atoms with van der Waals surface area (Å²) in [7, 11) is 0. The van der Waals surface area contributed by atoms with Gasteiger partial charge in [0.05, 0.1) is 18.8 Å². The highest BCUT2D eigenvalue weighted by molar-refractivity contribution is 5.16. The van der Waals surface area contributed by atoms with Gasteiger partial charge in [-0.3, -0.25) is 0 Å². The smallest absolute Gasteiger partial charge is 0.169 e. The van der Waals surface area contributed by atoms with Crippen LogP contribution in [0.4, 0.5) is 0 Å². The molecule has 3 heteroatoms.